The van der Waals surface area contributed by atoms with Crippen molar-refractivity contribution in [2.45, 2.75) is 19.8 Å². The number of hydrogen-bond acceptors (Lipinski definition) is 3. The molecule has 0 atom stereocenters. The highest BCUT2D eigenvalue weighted by Crippen LogP contribution is 2.29. The topological polar surface area (TPSA) is 51.6 Å². The molecule has 0 saturated carbocycles. The zero-order chi connectivity index (χ0) is 17.4. The van der Waals surface area contributed by atoms with Crippen molar-refractivity contribution < 1.29 is 9.50 Å². The quantitative estimate of drug-likeness (QED) is 0.682. The molecule has 4 rings (SSSR count). The van der Waals surface area contributed by atoms with Crippen molar-refractivity contribution in [1.82, 2.24) is 4.98 Å². The van der Waals surface area contributed by atoms with Crippen molar-refractivity contribution in [3.63, 3.8) is 0 Å². The number of aryl methyl sites for hydroxylation is 1. The molecule has 2 heterocycles. The summed E-state index contributed by atoms with van der Waals surface area (Å²) in [6, 6.07) is 10.5. The molecule has 4 nitrogen and oxygen atoms in total. The third kappa shape index (κ3) is 2.97. The molecule has 5 heteroatoms. The summed E-state index contributed by atoms with van der Waals surface area (Å²) in [4.78, 5) is 9.68. The average Bonchev–Trinajstić information content (AvgIpc) is 3.20. The molecule has 0 bridgehead atoms. The maximum atomic E-state index is 13.3. The number of aliphatic imine (C=N–C) groups is 1. The Morgan fingerprint density at radius 1 is 1.16 bits per heavy atom. The van der Waals surface area contributed by atoms with Gasteiger partial charge in [0.2, 0.25) is 0 Å². The number of halogens is 1. The third-order valence-corrected chi connectivity index (χ3v) is 4.75. The van der Waals surface area contributed by atoms with E-state index in [4.69, 9.17) is 0 Å². The van der Waals surface area contributed by atoms with Crippen LogP contribution in [0.5, 0.6) is 5.88 Å². The Balaban J connectivity index is 1.64. The van der Waals surface area contributed by atoms with Crippen LogP contribution in [0.1, 0.15) is 24.0 Å². The van der Waals surface area contributed by atoms with E-state index >= 15 is 0 Å². The second-order valence-electron chi connectivity index (χ2n) is 6.50. The average molecular weight is 337 g/mol. The van der Waals surface area contributed by atoms with Crippen LogP contribution >= 0.6 is 0 Å². The molecule has 2 aromatic carbocycles. The molecular formula is C20H20FN3O. The molecule has 3 aromatic rings. The Bertz CT molecular complexity index is 955. The number of aromatic hydroxyl groups is 1. The zero-order valence-electron chi connectivity index (χ0n) is 14.1. The van der Waals surface area contributed by atoms with Crippen molar-refractivity contribution in [3.05, 3.63) is 53.3 Å². The Kier molecular flexibility index (Phi) is 3.92. The second-order valence-corrected chi connectivity index (χ2v) is 6.50. The minimum Gasteiger partial charge on any atom is -0.494 e. The van der Waals surface area contributed by atoms with E-state index in [1.54, 1.807) is 12.3 Å². The van der Waals surface area contributed by atoms with Crippen LogP contribution in [-0.2, 0) is 0 Å². The van der Waals surface area contributed by atoms with Crippen molar-refractivity contribution in [1.29, 1.82) is 0 Å². The molecule has 1 aromatic heterocycles. The number of aromatic nitrogens is 1. The molecule has 2 N–H and O–H groups in total. The first-order valence-corrected chi connectivity index (χ1v) is 8.52. The lowest BCUT2D eigenvalue weighted by Crippen LogP contribution is -2.18. The van der Waals surface area contributed by atoms with Crippen molar-refractivity contribution in [3.8, 4) is 5.88 Å². The summed E-state index contributed by atoms with van der Waals surface area (Å²) < 4.78 is 13.3. The molecule has 1 aliphatic heterocycles. The zero-order valence-corrected chi connectivity index (χ0v) is 14.1. The highest BCUT2D eigenvalue weighted by molar-refractivity contribution is 6.02. The van der Waals surface area contributed by atoms with Gasteiger partial charge in [0.25, 0.3) is 0 Å². The molecule has 0 unspecified atom stereocenters. The molecular weight excluding hydrogens is 317 g/mol. The molecule has 25 heavy (non-hydrogen) atoms. The maximum absolute atomic E-state index is 13.3. The van der Waals surface area contributed by atoms with Crippen LogP contribution in [0.25, 0.3) is 10.9 Å². The Labute approximate surface area is 145 Å². The van der Waals surface area contributed by atoms with Gasteiger partial charge in [-0.3, -0.25) is 4.99 Å². The van der Waals surface area contributed by atoms with E-state index in [2.05, 4.69) is 33.9 Å². The van der Waals surface area contributed by atoms with Gasteiger partial charge in [-0.25, -0.2) is 4.39 Å². The Morgan fingerprint density at radius 2 is 1.96 bits per heavy atom. The summed E-state index contributed by atoms with van der Waals surface area (Å²) in [5, 5.41) is 10.8. The molecule has 128 valence electrons. The lowest BCUT2D eigenvalue weighted by molar-refractivity contribution is 0.457. The minimum absolute atomic E-state index is 0.00485. The molecule has 0 aliphatic carbocycles. The van der Waals surface area contributed by atoms with Crippen LogP contribution in [0, 0.1) is 12.7 Å². The summed E-state index contributed by atoms with van der Waals surface area (Å²) in [6.07, 6.45) is 4.12. The smallest absolute Gasteiger partial charge is 0.198 e. The van der Waals surface area contributed by atoms with E-state index in [0.717, 1.165) is 24.2 Å². The molecule has 0 spiro atoms. The van der Waals surface area contributed by atoms with E-state index in [1.807, 2.05) is 6.07 Å². The normalized spacial score (nSPS) is 14.9. The molecule has 1 saturated heterocycles. The van der Waals surface area contributed by atoms with Gasteiger partial charge in [0.05, 0.1) is 16.8 Å². The van der Waals surface area contributed by atoms with Crippen LogP contribution in [0.3, 0.4) is 0 Å². The van der Waals surface area contributed by atoms with Gasteiger partial charge in [0.15, 0.2) is 5.88 Å². The number of benzene rings is 2. The summed E-state index contributed by atoms with van der Waals surface area (Å²) in [7, 11) is 0. The lowest BCUT2D eigenvalue weighted by atomic mass is 10.1. The fourth-order valence-corrected chi connectivity index (χ4v) is 3.48. The fraction of sp³-hybridized carbons (Fsp3) is 0.250. The number of aromatic amines is 1. The number of hydrogen-bond donors (Lipinski definition) is 2. The van der Waals surface area contributed by atoms with Gasteiger partial charge in [-0.2, -0.15) is 0 Å². The van der Waals surface area contributed by atoms with Crippen LogP contribution in [0.4, 0.5) is 15.8 Å². The maximum Gasteiger partial charge on any atom is 0.198 e. The van der Waals surface area contributed by atoms with Gasteiger partial charge in [-0.05, 0) is 61.7 Å². The molecule has 1 fully saturated rings. The van der Waals surface area contributed by atoms with Gasteiger partial charge in [0.1, 0.15) is 5.82 Å². The largest absolute Gasteiger partial charge is 0.494 e. The van der Waals surface area contributed by atoms with E-state index < -0.39 is 0 Å². The SMILES string of the molecule is Cc1cc(N=Cc2c(O)[nH]c3cc(F)ccc23)ccc1N1CCCC1. The standard InChI is InChI=1S/C20H20FN3O/c1-13-10-15(5-7-19(13)24-8-2-3-9-24)22-12-17-16-6-4-14(21)11-18(16)23-20(17)25/h4-7,10-12,23,25H,2-3,8-9H2,1H3. The highest BCUT2D eigenvalue weighted by Gasteiger charge is 2.14. The number of fused-ring (bicyclic) bond motifs is 1. The van der Waals surface area contributed by atoms with Crippen molar-refractivity contribution in [2.75, 3.05) is 18.0 Å². The van der Waals surface area contributed by atoms with Gasteiger partial charge >= 0.3 is 0 Å². The van der Waals surface area contributed by atoms with Gasteiger partial charge in [-0.15, -0.1) is 0 Å². The number of H-pyrrole nitrogens is 1. The third-order valence-electron chi connectivity index (χ3n) is 4.75. The number of rotatable bonds is 3. The van der Waals surface area contributed by atoms with E-state index in [9.17, 15) is 9.50 Å². The summed E-state index contributed by atoms with van der Waals surface area (Å²) >= 11 is 0. The fourth-order valence-electron chi connectivity index (χ4n) is 3.48. The first kappa shape index (κ1) is 15.7. The van der Waals surface area contributed by atoms with Crippen LogP contribution in [0.2, 0.25) is 0 Å². The van der Waals surface area contributed by atoms with Gasteiger partial charge in [-0.1, -0.05) is 0 Å². The van der Waals surface area contributed by atoms with Crippen molar-refractivity contribution >= 4 is 28.5 Å². The monoisotopic (exact) mass is 337 g/mol. The number of anilines is 1. The molecule has 1 aliphatic rings. The van der Waals surface area contributed by atoms with E-state index in [0.29, 0.717) is 11.1 Å². The van der Waals surface area contributed by atoms with Gasteiger partial charge < -0.3 is 15.0 Å². The first-order chi connectivity index (χ1) is 12.1. The van der Waals surface area contributed by atoms with Crippen molar-refractivity contribution in [2.24, 2.45) is 4.99 Å². The van der Waals surface area contributed by atoms with Crippen LogP contribution < -0.4 is 4.90 Å². The van der Waals surface area contributed by atoms with Gasteiger partial charge in [0, 0.05) is 30.4 Å². The second kappa shape index (κ2) is 6.24. The van der Waals surface area contributed by atoms with E-state index in [1.165, 1.54) is 36.2 Å². The predicted octanol–water partition coefficient (Wildman–Crippen LogP) is 4.67. The number of nitrogens with one attached hydrogen (secondary N) is 1. The summed E-state index contributed by atoms with van der Waals surface area (Å²) in [5.41, 5.74) is 4.41. The number of nitrogens with zero attached hydrogens (tertiary/aromatic N) is 2. The minimum atomic E-state index is -0.342. The van der Waals surface area contributed by atoms with Crippen LogP contribution in [0.15, 0.2) is 41.4 Å². The summed E-state index contributed by atoms with van der Waals surface area (Å²) in [6.45, 7) is 4.32. The Hall–Kier alpha value is -2.82. The highest BCUT2D eigenvalue weighted by atomic mass is 19.1. The van der Waals surface area contributed by atoms with E-state index in [-0.39, 0.29) is 11.7 Å². The Morgan fingerprint density at radius 3 is 2.72 bits per heavy atom. The first-order valence-electron chi connectivity index (χ1n) is 8.52. The summed E-state index contributed by atoms with van der Waals surface area (Å²) in [5.74, 6) is -0.347. The predicted molar refractivity (Wildman–Crippen MR) is 99.8 cm³/mol. The lowest BCUT2D eigenvalue weighted by Gasteiger charge is -2.20. The van der Waals surface area contributed by atoms with Crippen LogP contribution in [-0.4, -0.2) is 29.4 Å². The molecule has 0 amide bonds. The molecule has 0 radical (unpaired) electrons.